The number of carbonyl (C=O) groups excluding carboxylic acids is 1. The van der Waals surface area contributed by atoms with Crippen molar-refractivity contribution in [1.82, 2.24) is 5.32 Å². The summed E-state index contributed by atoms with van der Waals surface area (Å²) in [6, 6.07) is -0.725. The molecule has 19 heavy (non-hydrogen) atoms. The Kier molecular flexibility index (Phi) is 6.26. The fourth-order valence-corrected chi connectivity index (χ4v) is 3.06. The zero-order valence-corrected chi connectivity index (χ0v) is 12.7. The average Bonchev–Trinajstić information content (AvgIpc) is 2.34. The number of hydrogen-bond acceptors (Lipinski definition) is 4. The molecule has 1 rings (SSSR count). The van der Waals surface area contributed by atoms with E-state index in [1.807, 2.05) is 0 Å². The molecule has 1 amide bonds. The third-order valence-corrected chi connectivity index (χ3v) is 4.81. The molecule has 1 aliphatic carbocycles. The minimum atomic E-state index is -3.05. The second kappa shape index (κ2) is 7.24. The first-order valence-corrected chi connectivity index (χ1v) is 9.05. The maximum Gasteiger partial charge on any atom is 0.236 e. The van der Waals surface area contributed by atoms with Crippen molar-refractivity contribution in [2.24, 2.45) is 17.6 Å². The second-order valence-electron chi connectivity index (χ2n) is 5.90. The lowest BCUT2D eigenvalue weighted by molar-refractivity contribution is -0.122. The number of nitrogens with one attached hydrogen (secondary N) is 1. The van der Waals surface area contributed by atoms with Gasteiger partial charge in [0.05, 0.1) is 11.8 Å². The van der Waals surface area contributed by atoms with Gasteiger partial charge in [0.25, 0.3) is 0 Å². The van der Waals surface area contributed by atoms with Crippen molar-refractivity contribution in [2.45, 2.75) is 45.1 Å². The van der Waals surface area contributed by atoms with Gasteiger partial charge in [-0.25, -0.2) is 8.42 Å². The Balaban J connectivity index is 2.23. The van der Waals surface area contributed by atoms with Gasteiger partial charge in [0.15, 0.2) is 0 Å². The predicted octanol–water partition coefficient (Wildman–Crippen LogP) is 0.691. The SMILES string of the molecule is CC1CCC(CNC(=O)C(N)CCS(C)(=O)=O)CC1. The molecule has 0 heterocycles. The summed E-state index contributed by atoms with van der Waals surface area (Å²) < 4.78 is 22.0. The van der Waals surface area contributed by atoms with E-state index in [0.717, 1.165) is 25.0 Å². The Labute approximate surface area is 116 Å². The molecule has 0 aromatic rings. The summed E-state index contributed by atoms with van der Waals surface area (Å²) in [5.74, 6) is 1.07. The van der Waals surface area contributed by atoms with Crippen molar-refractivity contribution in [1.29, 1.82) is 0 Å². The van der Waals surface area contributed by atoms with E-state index >= 15 is 0 Å². The summed E-state index contributed by atoms with van der Waals surface area (Å²) in [4.78, 5) is 11.7. The van der Waals surface area contributed by atoms with Crippen molar-refractivity contribution in [3.63, 3.8) is 0 Å². The van der Waals surface area contributed by atoms with Crippen molar-refractivity contribution in [3.8, 4) is 0 Å². The van der Waals surface area contributed by atoms with Crippen LogP contribution in [0.2, 0.25) is 0 Å². The summed E-state index contributed by atoms with van der Waals surface area (Å²) in [7, 11) is -3.05. The summed E-state index contributed by atoms with van der Waals surface area (Å²) in [5.41, 5.74) is 5.69. The van der Waals surface area contributed by atoms with E-state index in [2.05, 4.69) is 12.2 Å². The van der Waals surface area contributed by atoms with Crippen LogP contribution < -0.4 is 11.1 Å². The highest BCUT2D eigenvalue weighted by atomic mass is 32.2. The molecule has 5 nitrogen and oxygen atoms in total. The monoisotopic (exact) mass is 290 g/mol. The number of carbonyl (C=O) groups is 1. The smallest absolute Gasteiger partial charge is 0.236 e. The molecule has 112 valence electrons. The van der Waals surface area contributed by atoms with Crippen molar-refractivity contribution in [3.05, 3.63) is 0 Å². The molecule has 0 spiro atoms. The number of rotatable bonds is 6. The standard InChI is InChI=1S/C13H26N2O3S/c1-10-3-5-11(6-4-10)9-15-13(16)12(14)7-8-19(2,17)18/h10-12H,3-9,14H2,1-2H3,(H,15,16). The highest BCUT2D eigenvalue weighted by Crippen LogP contribution is 2.27. The van der Waals surface area contributed by atoms with Crippen LogP contribution in [0.1, 0.15) is 39.0 Å². The minimum Gasteiger partial charge on any atom is -0.354 e. The zero-order valence-electron chi connectivity index (χ0n) is 11.9. The summed E-state index contributed by atoms with van der Waals surface area (Å²) in [5, 5.41) is 2.84. The number of nitrogens with two attached hydrogens (primary N) is 1. The Bertz CT molecular complexity index is 387. The molecular formula is C13H26N2O3S. The maximum absolute atomic E-state index is 11.7. The fourth-order valence-electron chi connectivity index (χ4n) is 2.38. The Morgan fingerprint density at radius 1 is 1.32 bits per heavy atom. The summed E-state index contributed by atoms with van der Waals surface area (Å²) in [6.45, 7) is 2.92. The molecule has 1 atom stereocenters. The van der Waals surface area contributed by atoms with Gasteiger partial charge in [0, 0.05) is 12.8 Å². The van der Waals surface area contributed by atoms with Crippen LogP contribution in [0.3, 0.4) is 0 Å². The van der Waals surface area contributed by atoms with Gasteiger partial charge >= 0.3 is 0 Å². The van der Waals surface area contributed by atoms with Gasteiger partial charge in [-0.1, -0.05) is 19.8 Å². The van der Waals surface area contributed by atoms with Crippen molar-refractivity contribution < 1.29 is 13.2 Å². The lowest BCUT2D eigenvalue weighted by atomic mass is 9.83. The third-order valence-electron chi connectivity index (χ3n) is 3.84. The fraction of sp³-hybridized carbons (Fsp3) is 0.923. The number of hydrogen-bond donors (Lipinski definition) is 2. The average molecular weight is 290 g/mol. The molecule has 0 bridgehead atoms. The molecular weight excluding hydrogens is 264 g/mol. The van der Waals surface area contributed by atoms with Gasteiger partial charge in [0.2, 0.25) is 5.91 Å². The van der Waals surface area contributed by atoms with Crippen LogP contribution in [-0.2, 0) is 14.6 Å². The van der Waals surface area contributed by atoms with Crippen LogP contribution in [0, 0.1) is 11.8 Å². The van der Waals surface area contributed by atoms with Gasteiger partial charge in [-0.05, 0) is 31.1 Å². The van der Waals surface area contributed by atoms with E-state index in [0.29, 0.717) is 12.5 Å². The van der Waals surface area contributed by atoms with E-state index < -0.39 is 15.9 Å². The van der Waals surface area contributed by atoms with E-state index in [-0.39, 0.29) is 18.1 Å². The Morgan fingerprint density at radius 2 is 1.89 bits per heavy atom. The molecule has 0 aromatic heterocycles. The van der Waals surface area contributed by atoms with Crippen LogP contribution >= 0.6 is 0 Å². The molecule has 0 aliphatic heterocycles. The van der Waals surface area contributed by atoms with E-state index in [9.17, 15) is 13.2 Å². The molecule has 0 saturated heterocycles. The van der Waals surface area contributed by atoms with Gasteiger partial charge in [-0.2, -0.15) is 0 Å². The maximum atomic E-state index is 11.7. The van der Waals surface area contributed by atoms with Gasteiger partial charge in [-0.15, -0.1) is 0 Å². The third kappa shape index (κ3) is 6.92. The Morgan fingerprint density at radius 3 is 2.42 bits per heavy atom. The lowest BCUT2D eigenvalue weighted by Gasteiger charge is -2.26. The predicted molar refractivity (Wildman–Crippen MR) is 76.4 cm³/mol. The van der Waals surface area contributed by atoms with E-state index in [1.54, 1.807) is 0 Å². The lowest BCUT2D eigenvalue weighted by Crippen LogP contribution is -2.43. The molecule has 1 fully saturated rings. The molecule has 1 aliphatic rings. The van der Waals surface area contributed by atoms with Crippen molar-refractivity contribution >= 4 is 15.7 Å². The first kappa shape index (κ1) is 16.4. The highest BCUT2D eigenvalue weighted by molar-refractivity contribution is 7.90. The summed E-state index contributed by atoms with van der Waals surface area (Å²) in [6.07, 6.45) is 6.09. The highest BCUT2D eigenvalue weighted by Gasteiger charge is 2.20. The van der Waals surface area contributed by atoms with Crippen LogP contribution in [0.15, 0.2) is 0 Å². The molecule has 6 heteroatoms. The van der Waals surface area contributed by atoms with Gasteiger partial charge in [-0.3, -0.25) is 4.79 Å². The number of amides is 1. The molecule has 0 aromatic carbocycles. The topological polar surface area (TPSA) is 89.3 Å². The van der Waals surface area contributed by atoms with E-state index in [1.165, 1.54) is 12.8 Å². The first-order chi connectivity index (χ1) is 8.78. The molecule has 1 saturated carbocycles. The Hall–Kier alpha value is -0.620. The number of sulfone groups is 1. The van der Waals surface area contributed by atoms with Crippen LogP contribution in [0.25, 0.3) is 0 Å². The molecule has 1 unspecified atom stereocenters. The van der Waals surface area contributed by atoms with Gasteiger partial charge in [0.1, 0.15) is 9.84 Å². The summed E-state index contributed by atoms with van der Waals surface area (Å²) >= 11 is 0. The largest absolute Gasteiger partial charge is 0.354 e. The van der Waals surface area contributed by atoms with Gasteiger partial charge < -0.3 is 11.1 Å². The quantitative estimate of drug-likeness (QED) is 0.753. The van der Waals surface area contributed by atoms with E-state index in [4.69, 9.17) is 5.73 Å². The van der Waals surface area contributed by atoms with Crippen LogP contribution in [-0.4, -0.2) is 38.9 Å². The molecule has 0 radical (unpaired) electrons. The van der Waals surface area contributed by atoms with Crippen LogP contribution in [0.4, 0.5) is 0 Å². The zero-order chi connectivity index (χ0) is 14.5. The first-order valence-electron chi connectivity index (χ1n) is 6.99. The minimum absolute atomic E-state index is 0.0392. The van der Waals surface area contributed by atoms with Crippen molar-refractivity contribution in [2.75, 3.05) is 18.6 Å². The van der Waals surface area contributed by atoms with Crippen LogP contribution in [0.5, 0.6) is 0 Å². The second-order valence-corrected chi connectivity index (χ2v) is 8.16. The molecule has 3 N–H and O–H groups in total. The normalized spacial score (nSPS) is 25.8.